The first-order chi connectivity index (χ1) is 9.22. The van der Waals surface area contributed by atoms with E-state index in [1.54, 1.807) is 6.07 Å². The van der Waals surface area contributed by atoms with Crippen LogP contribution in [0.4, 0.5) is 8.78 Å². The molecule has 0 spiro atoms. The van der Waals surface area contributed by atoms with Gasteiger partial charge in [0.1, 0.15) is 0 Å². The van der Waals surface area contributed by atoms with Gasteiger partial charge in [0.25, 0.3) is 6.43 Å². The minimum atomic E-state index is -2.50. The molecule has 2 N–H and O–H groups in total. The predicted molar refractivity (Wildman–Crippen MR) is 69.0 cm³/mol. The van der Waals surface area contributed by atoms with Crippen LogP contribution in [-0.4, -0.2) is 19.8 Å². The summed E-state index contributed by atoms with van der Waals surface area (Å²) in [5, 5.41) is 0. The van der Waals surface area contributed by atoms with Gasteiger partial charge in [-0.05, 0) is 43.5 Å². The van der Waals surface area contributed by atoms with Gasteiger partial charge in [-0.25, -0.2) is 8.78 Å². The third kappa shape index (κ3) is 3.56. The van der Waals surface area contributed by atoms with Gasteiger partial charge in [0, 0.05) is 12.0 Å². The second-order valence-corrected chi connectivity index (χ2v) is 4.59. The van der Waals surface area contributed by atoms with Gasteiger partial charge in [0.2, 0.25) is 0 Å². The average Bonchev–Trinajstić information content (AvgIpc) is 2.62. The Kier molecular flexibility index (Phi) is 4.96. The Morgan fingerprint density at radius 1 is 1.11 bits per heavy atom. The summed E-state index contributed by atoms with van der Waals surface area (Å²) in [5.74, 6) is 1.00. The van der Waals surface area contributed by atoms with Crippen LogP contribution in [0.3, 0.4) is 0 Å². The van der Waals surface area contributed by atoms with Crippen LogP contribution in [0.25, 0.3) is 0 Å². The van der Waals surface area contributed by atoms with Gasteiger partial charge in [-0.2, -0.15) is 0 Å². The molecule has 0 amide bonds. The number of halogens is 2. The Hall–Kier alpha value is -1.36. The molecule has 1 aliphatic heterocycles. The maximum absolute atomic E-state index is 13.1. The van der Waals surface area contributed by atoms with Crippen LogP contribution < -0.4 is 15.2 Å². The van der Waals surface area contributed by atoms with Crippen molar-refractivity contribution in [1.82, 2.24) is 0 Å². The van der Waals surface area contributed by atoms with Gasteiger partial charge in [0.15, 0.2) is 11.5 Å². The van der Waals surface area contributed by atoms with Gasteiger partial charge in [-0.1, -0.05) is 0 Å². The van der Waals surface area contributed by atoms with E-state index in [9.17, 15) is 8.78 Å². The molecule has 0 bridgehead atoms. The zero-order valence-corrected chi connectivity index (χ0v) is 10.8. The van der Waals surface area contributed by atoms with Crippen LogP contribution >= 0.6 is 0 Å². The smallest absolute Gasteiger partial charge is 0.264 e. The number of benzene rings is 1. The van der Waals surface area contributed by atoms with E-state index in [-0.39, 0.29) is 5.56 Å². The summed E-state index contributed by atoms with van der Waals surface area (Å²) in [5.41, 5.74) is 6.10. The second-order valence-electron chi connectivity index (χ2n) is 4.59. The number of fused-ring (bicyclic) bond motifs is 1. The molecule has 5 heteroatoms. The van der Waals surface area contributed by atoms with Crippen molar-refractivity contribution in [3.8, 4) is 11.5 Å². The average molecular weight is 271 g/mol. The van der Waals surface area contributed by atoms with Crippen molar-refractivity contribution in [1.29, 1.82) is 0 Å². The highest BCUT2D eigenvalue weighted by Crippen LogP contribution is 2.37. The van der Waals surface area contributed by atoms with Crippen molar-refractivity contribution >= 4 is 0 Å². The lowest BCUT2D eigenvalue weighted by Crippen LogP contribution is -2.02. The van der Waals surface area contributed by atoms with Crippen LogP contribution in [0.15, 0.2) is 12.1 Å². The standard InChI is InChI=1S/C14H19F2NO2/c15-14(16)11-9-13-12(18-6-3-7-19-13)8-10(11)4-1-2-5-17/h8-9,14H,1-7,17H2. The predicted octanol–water partition coefficient (Wildman–Crippen LogP) is 3.07. The number of alkyl halides is 2. The number of unbranched alkanes of at least 4 members (excludes halogenated alkanes) is 1. The number of aryl methyl sites for hydroxylation is 1. The van der Waals surface area contributed by atoms with E-state index in [1.165, 1.54) is 6.07 Å². The van der Waals surface area contributed by atoms with E-state index in [1.807, 2.05) is 0 Å². The molecular weight excluding hydrogens is 252 g/mol. The quantitative estimate of drug-likeness (QED) is 0.837. The minimum absolute atomic E-state index is 0.0428. The molecule has 19 heavy (non-hydrogen) atoms. The zero-order chi connectivity index (χ0) is 13.7. The summed E-state index contributed by atoms with van der Waals surface area (Å²) in [6.07, 6.45) is 0.492. The van der Waals surface area contributed by atoms with Crippen LogP contribution in [0.2, 0.25) is 0 Å². The summed E-state index contributed by atoms with van der Waals surface area (Å²) < 4.78 is 37.2. The molecule has 0 saturated heterocycles. The van der Waals surface area contributed by atoms with E-state index >= 15 is 0 Å². The van der Waals surface area contributed by atoms with Gasteiger partial charge >= 0.3 is 0 Å². The lowest BCUT2D eigenvalue weighted by molar-refractivity contribution is 0.149. The van der Waals surface area contributed by atoms with Gasteiger partial charge in [-0.15, -0.1) is 0 Å². The Labute approximate surface area is 111 Å². The molecular formula is C14H19F2NO2. The molecule has 0 unspecified atom stereocenters. The third-order valence-corrected chi connectivity index (χ3v) is 3.14. The monoisotopic (exact) mass is 271 g/mol. The maximum Gasteiger partial charge on any atom is 0.264 e. The zero-order valence-electron chi connectivity index (χ0n) is 10.8. The van der Waals surface area contributed by atoms with E-state index < -0.39 is 6.43 Å². The fourth-order valence-electron chi connectivity index (χ4n) is 2.15. The topological polar surface area (TPSA) is 44.5 Å². The van der Waals surface area contributed by atoms with E-state index in [0.717, 1.165) is 19.3 Å². The Balaban J connectivity index is 2.26. The summed E-state index contributed by atoms with van der Waals surface area (Å²) in [7, 11) is 0. The summed E-state index contributed by atoms with van der Waals surface area (Å²) >= 11 is 0. The number of rotatable bonds is 5. The minimum Gasteiger partial charge on any atom is -0.490 e. The van der Waals surface area contributed by atoms with Crippen molar-refractivity contribution in [2.75, 3.05) is 19.8 Å². The van der Waals surface area contributed by atoms with Crippen molar-refractivity contribution < 1.29 is 18.3 Å². The molecule has 2 rings (SSSR count). The van der Waals surface area contributed by atoms with Crippen LogP contribution in [-0.2, 0) is 6.42 Å². The lowest BCUT2D eigenvalue weighted by Gasteiger charge is -2.14. The fraction of sp³-hybridized carbons (Fsp3) is 0.571. The van der Waals surface area contributed by atoms with E-state index in [2.05, 4.69) is 0 Å². The highest BCUT2D eigenvalue weighted by Gasteiger charge is 2.19. The molecule has 0 aromatic heterocycles. The van der Waals surface area contributed by atoms with E-state index in [4.69, 9.17) is 15.2 Å². The number of nitrogens with two attached hydrogens (primary N) is 1. The number of ether oxygens (including phenoxy) is 2. The van der Waals surface area contributed by atoms with Crippen LogP contribution in [0.5, 0.6) is 11.5 Å². The van der Waals surface area contributed by atoms with Gasteiger partial charge < -0.3 is 15.2 Å². The van der Waals surface area contributed by atoms with E-state index in [0.29, 0.717) is 43.2 Å². The third-order valence-electron chi connectivity index (χ3n) is 3.14. The molecule has 0 saturated carbocycles. The number of hydrogen-bond acceptors (Lipinski definition) is 3. The lowest BCUT2D eigenvalue weighted by atomic mass is 10.0. The highest BCUT2D eigenvalue weighted by atomic mass is 19.3. The van der Waals surface area contributed by atoms with Crippen molar-refractivity contribution in [3.63, 3.8) is 0 Å². The van der Waals surface area contributed by atoms with Gasteiger partial charge in [0.05, 0.1) is 13.2 Å². The van der Waals surface area contributed by atoms with Crippen LogP contribution in [0.1, 0.15) is 36.8 Å². The van der Waals surface area contributed by atoms with Crippen LogP contribution in [0, 0.1) is 0 Å². The summed E-state index contributed by atoms with van der Waals surface area (Å²) in [6, 6.07) is 3.11. The molecule has 0 radical (unpaired) electrons. The molecule has 0 fully saturated rings. The summed E-state index contributed by atoms with van der Waals surface area (Å²) in [6.45, 7) is 1.64. The highest BCUT2D eigenvalue weighted by molar-refractivity contribution is 5.48. The van der Waals surface area contributed by atoms with Crippen molar-refractivity contribution in [2.24, 2.45) is 5.73 Å². The molecule has 1 aliphatic rings. The molecule has 3 nitrogen and oxygen atoms in total. The first-order valence-electron chi connectivity index (χ1n) is 6.63. The Morgan fingerprint density at radius 3 is 2.42 bits per heavy atom. The number of hydrogen-bond donors (Lipinski definition) is 1. The maximum atomic E-state index is 13.1. The molecule has 0 atom stereocenters. The molecule has 1 aromatic rings. The van der Waals surface area contributed by atoms with Gasteiger partial charge in [-0.3, -0.25) is 0 Å². The molecule has 1 heterocycles. The van der Waals surface area contributed by atoms with Crippen molar-refractivity contribution in [3.05, 3.63) is 23.3 Å². The largest absolute Gasteiger partial charge is 0.490 e. The molecule has 0 aliphatic carbocycles. The van der Waals surface area contributed by atoms with Crippen molar-refractivity contribution in [2.45, 2.75) is 32.1 Å². The first-order valence-corrected chi connectivity index (χ1v) is 6.63. The second kappa shape index (κ2) is 6.70. The molecule has 106 valence electrons. The normalized spacial score (nSPS) is 14.5. The summed E-state index contributed by atoms with van der Waals surface area (Å²) in [4.78, 5) is 0. The fourth-order valence-corrected chi connectivity index (χ4v) is 2.15. The Bertz CT molecular complexity index is 424. The molecule has 1 aromatic carbocycles. The Morgan fingerprint density at radius 2 is 1.79 bits per heavy atom. The first kappa shape index (κ1) is 14.1. The SMILES string of the molecule is NCCCCc1cc2c(cc1C(F)F)OCCCO2.